The lowest BCUT2D eigenvalue weighted by Crippen LogP contribution is -2.00. The van der Waals surface area contributed by atoms with Crippen LogP contribution >= 0.6 is 11.6 Å². The van der Waals surface area contributed by atoms with Gasteiger partial charge < -0.3 is 5.32 Å². The van der Waals surface area contributed by atoms with Gasteiger partial charge in [0.1, 0.15) is 0 Å². The molecule has 1 heterocycles. The van der Waals surface area contributed by atoms with E-state index in [0.29, 0.717) is 5.02 Å². The first-order chi connectivity index (χ1) is 6.83. The number of nitrogens with one attached hydrogen (secondary N) is 1. The number of nitrogens with zero attached hydrogens (tertiary/aromatic N) is 2. The molecule has 0 fully saturated rings. The Morgan fingerprint density at radius 3 is 2.86 bits per heavy atom. The topological polar surface area (TPSA) is 29.9 Å². The summed E-state index contributed by atoms with van der Waals surface area (Å²) in [6.45, 7) is 0. The van der Waals surface area contributed by atoms with E-state index in [1.54, 1.807) is 6.20 Å². The Bertz CT molecular complexity index is 436. The van der Waals surface area contributed by atoms with Crippen molar-refractivity contribution in [2.45, 2.75) is 0 Å². The lowest BCUT2D eigenvalue weighted by Gasteiger charge is -2.08. The fraction of sp³-hybridized carbons (Fsp3) is 0.100. The summed E-state index contributed by atoms with van der Waals surface area (Å²) in [6.07, 6.45) is 3.60. The molecule has 0 aliphatic carbocycles. The van der Waals surface area contributed by atoms with Crippen molar-refractivity contribution in [2.24, 2.45) is 0 Å². The molecule has 14 heavy (non-hydrogen) atoms. The van der Waals surface area contributed by atoms with Crippen LogP contribution in [-0.4, -0.2) is 16.6 Å². The third kappa shape index (κ3) is 1.46. The monoisotopic (exact) mass is 207 g/mol. The number of hydrogen-bond acceptors (Lipinski definition) is 2. The molecule has 0 unspecified atom stereocenters. The third-order valence-electron chi connectivity index (χ3n) is 1.98. The van der Waals surface area contributed by atoms with Crippen LogP contribution in [0.4, 0.5) is 5.95 Å². The fourth-order valence-electron chi connectivity index (χ4n) is 1.33. The van der Waals surface area contributed by atoms with Crippen LogP contribution < -0.4 is 5.32 Å². The van der Waals surface area contributed by atoms with Crippen molar-refractivity contribution in [1.82, 2.24) is 9.55 Å². The number of hydrogen-bond donors (Lipinski definition) is 1. The molecule has 1 aromatic carbocycles. The zero-order valence-electron chi connectivity index (χ0n) is 7.74. The molecule has 2 rings (SSSR count). The van der Waals surface area contributed by atoms with Gasteiger partial charge in [-0.25, -0.2) is 4.98 Å². The SMILES string of the molecule is CNc1nccn1-c1ccccc1Cl. The van der Waals surface area contributed by atoms with Crippen molar-refractivity contribution in [2.75, 3.05) is 12.4 Å². The second-order valence-corrected chi connectivity index (χ2v) is 3.23. The molecule has 0 amide bonds. The number of imidazole rings is 1. The Labute approximate surface area is 87.3 Å². The first-order valence-electron chi connectivity index (χ1n) is 4.29. The second-order valence-electron chi connectivity index (χ2n) is 2.82. The van der Waals surface area contributed by atoms with E-state index in [1.807, 2.05) is 42.1 Å². The summed E-state index contributed by atoms with van der Waals surface area (Å²) in [7, 11) is 1.83. The molecule has 4 heteroatoms. The minimum absolute atomic E-state index is 0.710. The lowest BCUT2D eigenvalue weighted by atomic mass is 10.3. The van der Waals surface area contributed by atoms with Gasteiger partial charge in [-0.2, -0.15) is 0 Å². The predicted molar refractivity (Wildman–Crippen MR) is 58.1 cm³/mol. The van der Waals surface area contributed by atoms with Crippen LogP contribution in [0.25, 0.3) is 5.69 Å². The third-order valence-corrected chi connectivity index (χ3v) is 2.30. The van der Waals surface area contributed by atoms with Crippen molar-refractivity contribution in [3.8, 4) is 5.69 Å². The Kier molecular flexibility index (Phi) is 2.41. The molecule has 3 nitrogen and oxygen atoms in total. The Balaban J connectivity index is 2.54. The molecule has 0 radical (unpaired) electrons. The number of benzene rings is 1. The molecule has 1 N–H and O–H groups in total. The van der Waals surface area contributed by atoms with E-state index in [1.165, 1.54) is 0 Å². The van der Waals surface area contributed by atoms with Crippen LogP contribution in [0.1, 0.15) is 0 Å². The average Bonchev–Trinajstić information content (AvgIpc) is 2.66. The molecular weight excluding hydrogens is 198 g/mol. The molecule has 0 atom stereocenters. The quantitative estimate of drug-likeness (QED) is 0.821. The standard InChI is InChI=1S/C10H10ClN3/c1-12-10-13-6-7-14(10)9-5-3-2-4-8(9)11/h2-7H,1H3,(H,12,13). The maximum absolute atomic E-state index is 6.07. The first kappa shape index (κ1) is 9.09. The minimum atomic E-state index is 0.710. The maximum Gasteiger partial charge on any atom is 0.207 e. The van der Waals surface area contributed by atoms with E-state index in [9.17, 15) is 0 Å². The molecule has 0 bridgehead atoms. The van der Waals surface area contributed by atoms with Crippen molar-refractivity contribution >= 4 is 17.5 Å². The van der Waals surface area contributed by atoms with E-state index in [4.69, 9.17) is 11.6 Å². The van der Waals surface area contributed by atoms with Crippen LogP contribution in [0.3, 0.4) is 0 Å². The normalized spacial score (nSPS) is 10.1. The van der Waals surface area contributed by atoms with E-state index in [-0.39, 0.29) is 0 Å². The Hall–Kier alpha value is -1.48. The molecule has 2 aromatic rings. The van der Waals surface area contributed by atoms with Crippen LogP contribution in [0.15, 0.2) is 36.7 Å². The zero-order chi connectivity index (χ0) is 9.97. The van der Waals surface area contributed by atoms with Gasteiger partial charge in [-0.05, 0) is 12.1 Å². The fourth-order valence-corrected chi connectivity index (χ4v) is 1.56. The summed E-state index contributed by atoms with van der Waals surface area (Å²) in [5, 5.41) is 3.70. The highest BCUT2D eigenvalue weighted by Gasteiger charge is 2.05. The van der Waals surface area contributed by atoms with Gasteiger partial charge in [0.15, 0.2) is 0 Å². The summed E-state index contributed by atoms with van der Waals surface area (Å²) in [6, 6.07) is 7.66. The van der Waals surface area contributed by atoms with E-state index in [2.05, 4.69) is 10.3 Å². The van der Waals surface area contributed by atoms with Crippen molar-refractivity contribution in [3.05, 3.63) is 41.7 Å². The van der Waals surface area contributed by atoms with Crippen LogP contribution in [0.2, 0.25) is 5.02 Å². The molecule has 1 aromatic heterocycles. The predicted octanol–water partition coefficient (Wildman–Crippen LogP) is 2.57. The molecule has 0 saturated carbocycles. The maximum atomic E-state index is 6.07. The molecule has 0 spiro atoms. The van der Waals surface area contributed by atoms with E-state index in [0.717, 1.165) is 11.6 Å². The Morgan fingerprint density at radius 1 is 1.36 bits per heavy atom. The van der Waals surface area contributed by atoms with Gasteiger partial charge in [-0.3, -0.25) is 4.57 Å². The smallest absolute Gasteiger partial charge is 0.207 e. The van der Waals surface area contributed by atoms with Crippen molar-refractivity contribution in [1.29, 1.82) is 0 Å². The summed E-state index contributed by atoms with van der Waals surface area (Å²) in [5.74, 6) is 0.776. The minimum Gasteiger partial charge on any atom is -0.358 e. The van der Waals surface area contributed by atoms with Gasteiger partial charge in [0.05, 0.1) is 10.7 Å². The van der Waals surface area contributed by atoms with Gasteiger partial charge in [0.25, 0.3) is 0 Å². The average molecular weight is 208 g/mol. The molecule has 0 aliphatic rings. The summed E-state index contributed by atoms with van der Waals surface area (Å²) in [4.78, 5) is 4.15. The van der Waals surface area contributed by atoms with Gasteiger partial charge in [0, 0.05) is 19.4 Å². The van der Waals surface area contributed by atoms with Crippen LogP contribution in [0.5, 0.6) is 0 Å². The number of aromatic nitrogens is 2. The number of halogens is 1. The van der Waals surface area contributed by atoms with Gasteiger partial charge in [0.2, 0.25) is 5.95 Å². The highest BCUT2D eigenvalue weighted by Crippen LogP contribution is 2.22. The van der Waals surface area contributed by atoms with Crippen LogP contribution in [0, 0.1) is 0 Å². The Morgan fingerprint density at radius 2 is 2.14 bits per heavy atom. The number of anilines is 1. The first-order valence-corrected chi connectivity index (χ1v) is 4.66. The molecule has 72 valence electrons. The summed E-state index contributed by atoms with van der Waals surface area (Å²) >= 11 is 6.07. The van der Waals surface area contributed by atoms with Crippen molar-refractivity contribution < 1.29 is 0 Å². The van der Waals surface area contributed by atoms with E-state index >= 15 is 0 Å². The van der Waals surface area contributed by atoms with Gasteiger partial charge in [-0.15, -0.1) is 0 Å². The highest BCUT2D eigenvalue weighted by molar-refractivity contribution is 6.32. The van der Waals surface area contributed by atoms with Gasteiger partial charge >= 0.3 is 0 Å². The molecule has 0 saturated heterocycles. The largest absolute Gasteiger partial charge is 0.358 e. The van der Waals surface area contributed by atoms with Gasteiger partial charge in [-0.1, -0.05) is 23.7 Å². The second kappa shape index (κ2) is 3.72. The summed E-state index contributed by atoms with van der Waals surface area (Å²) in [5.41, 5.74) is 0.927. The number of rotatable bonds is 2. The lowest BCUT2D eigenvalue weighted by molar-refractivity contribution is 1.05. The van der Waals surface area contributed by atoms with Crippen LogP contribution in [-0.2, 0) is 0 Å². The summed E-state index contributed by atoms with van der Waals surface area (Å²) < 4.78 is 1.91. The number of para-hydroxylation sites is 1. The molecule has 0 aliphatic heterocycles. The van der Waals surface area contributed by atoms with Crippen molar-refractivity contribution in [3.63, 3.8) is 0 Å². The van der Waals surface area contributed by atoms with E-state index < -0.39 is 0 Å². The zero-order valence-corrected chi connectivity index (χ0v) is 8.49. The highest BCUT2D eigenvalue weighted by atomic mass is 35.5. The molecular formula is C10H10ClN3.